The van der Waals surface area contributed by atoms with E-state index < -0.39 is 0 Å². The minimum Gasteiger partial charge on any atom is -0.497 e. The lowest BCUT2D eigenvalue weighted by Gasteiger charge is -2.16. The minimum absolute atomic E-state index is 0.519. The number of ether oxygens (including phenoxy) is 1. The Morgan fingerprint density at radius 1 is 1.27 bits per heavy atom. The second-order valence-corrected chi connectivity index (χ2v) is 4.72. The summed E-state index contributed by atoms with van der Waals surface area (Å²) in [6.45, 7) is 1.10. The van der Waals surface area contributed by atoms with E-state index >= 15 is 0 Å². The molecule has 0 unspecified atom stereocenters. The molecule has 0 amide bonds. The average Bonchev–Trinajstić information content (AvgIpc) is 3.07. The van der Waals surface area contributed by atoms with Crippen molar-refractivity contribution in [3.63, 3.8) is 0 Å². The topological polar surface area (TPSA) is 21.3 Å². The molecule has 1 N–H and O–H groups in total. The van der Waals surface area contributed by atoms with Gasteiger partial charge < -0.3 is 10.1 Å². The van der Waals surface area contributed by atoms with Crippen LogP contribution in [0.4, 0.5) is 5.69 Å². The van der Waals surface area contributed by atoms with E-state index in [9.17, 15) is 0 Å². The van der Waals surface area contributed by atoms with Gasteiger partial charge in [0.2, 0.25) is 0 Å². The maximum Gasteiger partial charge on any atom is 0.120 e. The number of anilines is 1. The van der Waals surface area contributed by atoms with Gasteiger partial charge in [-0.3, -0.25) is 0 Å². The van der Waals surface area contributed by atoms with Gasteiger partial charge >= 0.3 is 0 Å². The predicted octanol–water partition coefficient (Wildman–Crippen LogP) is 2.93. The van der Waals surface area contributed by atoms with E-state index in [1.165, 1.54) is 36.9 Å². The van der Waals surface area contributed by atoms with Crippen molar-refractivity contribution in [1.82, 2.24) is 0 Å². The van der Waals surface area contributed by atoms with Gasteiger partial charge in [-0.25, -0.2) is 0 Å². The van der Waals surface area contributed by atoms with Gasteiger partial charge in [-0.1, -0.05) is 6.07 Å². The summed E-state index contributed by atoms with van der Waals surface area (Å²) in [5.74, 6) is 0.957. The molecular formula is C13H17NO. The molecule has 0 radical (unpaired) electrons. The molecule has 2 heteroatoms. The van der Waals surface area contributed by atoms with Crippen LogP contribution in [0.25, 0.3) is 0 Å². The zero-order valence-corrected chi connectivity index (χ0v) is 9.18. The molecule has 2 aliphatic rings. The van der Waals surface area contributed by atoms with E-state index in [-0.39, 0.29) is 0 Å². The first kappa shape index (κ1) is 9.08. The molecule has 2 nitrogen and oxygen atoms in total. The Morgan fingerprint density at radius 3 is 2.87 bits per heavy atom. The van der Waals surface area contributed by atoms with Crippen molar-refractivity contribution in [2.75, 3.05) is 19.0 Å². The van der Waals surface area contributed by atoms with E-state index in [4.69, 9.17) is 4.74 Å². The fourth-order valence-electron chi connectivity index (χ4n) is 2.71. The van der Waals surface area contributed by atoms with Gasteiger partial charge in [0.25, 0.3) is 0 Å². The highest BCUT2D eigenvalue weighted by Crippen LogP contribution is 2.55. The quantitative estimate of drug-likeness (QED) is 0.757. The van der Waals surface area contributed by atoms with Crippen LogP contribution in [-0.2, 0) is 5.41 Å². The van der Waals surface area contributed by atoms with E-state index in [1.54, 1.807) is 7.11 Å². The molecule has 1 spiro atoms. The Hall–Kier alpha value is -1.18. The van der Waals surface area contributed by atoms with Gasteiger partial charge in [0.15, 0.2) is 0 Å². The van der Waals surface area contributed by atoms with Crippen molar-refractivity contribution in [1.29, 1.82) is 0 Å². The van der Waals surface area contributed by atoms with E-state index in [2.05, 4.69) is 23.5 Å². The lowest BCUT2D eigenvalue weighted by atomic mass is 9.91. The van der Waals surface area contributed by atoms with Crippen LogP contribution >= 0.6 is 0 Å². The summed E-state index contributed by atoms with van der Waals surface area (Å²) in [6, 6.07) is 6.48. The standard InChI is InChI=1S/C13H17NO/c1-15-10-3-4-11-12(9-10)14-8-2-5-13(11)6-7-13/h3-4,9,14H,2,5-8H2,1H3. The molecule has 0 bridgehead atoms. The van der Waals surface area contributed by atoms with Gasteiger partial charge in [0.1, 0.15) is 5.75 Å². The lowest BCUT2D eigenvalue weighted by Crippen LogP contribution is -2.05. The maximum atomic E-state index is 5.27. The van der Waals surface area contributed by atoms with Crippen LogP contribution in [-0.4, -0.2) is 13.7 Å². The molecular weight excluding hydrogens is 186 g/mol. The van der Waals surface area contributed by atoms with Gasteiger partial charge in [0, 0.05) is 18.3 Å². The van der Waals surface area contributed by atoms with Gasteiger partial charge in [-0.15, -0.1) is 0 Å². The van der Waals surface area contributed by atoms with E-state index in [1.807, 2.05) is 0 Å². The maximum absolute atomic E-state index is 5.27. The summed E-state index contributed by atoms with van der Waals surface area (Å²) in [4.78, 5) is 0. The van der Waals surface area contributed by atoms with Crippen LogP contribution < -0.4 is 10.1 Å². The number of hydrogen-bond acceptors (Lipinski definition) is 2. The summed E-state index contributed by atoms with van der Waals surface area (Å²) < 4.78 is 5.27. The molecule has 1 heterocycles. The van der Waals surface area contributed by atoms with Gasteiger partial charge in [0.05, 0.1) is 7.11 Å². The number of hydrogen-bond donors (Lipinski definition) is 1. The second-order valence-electron chi connectivity index (χ2n) is 4.72. The Kier molecular flexibility index (Phi) is 1.91. The van der Waals surface area contributed by atoms with Crippen LogP contribution in [0.15, 0.2) is 18.2 Å². The summed E-state index contributed by atoms with van der Waals surface area (Å²) in [6.07, 6.45) is 5.37. The fourth-order valence-corrected chi connectivity index (χ4v) is 2.71. The third-order valence-corrected chi connectivity index (χ3v) is 3.80. The fraction of sp³-hybridized carbons (Fsp3) is 0.538. The number of methoxy groups -OCH3 is 1. The molecule has 3 rings (SSSR count). The third-order valence-electron chi connectivity index (χ3n) is 3.80. The normalized spacial score (nSPS) is 21.4. The summed E-state index contributed by atoms with van der Waals surface area (Å²) in [7, 11) is 1.73. The molecule has 1 aliphatic carbocycles. The molecule has 80 valence electrons. The van der Waals surface area contributed by atoms with Crippen molar-refractivity contribution >= 4 is 5.69 Å². The monoisotopic (exact) mass is 203 g/mol. The van der Waals surface area contributed by atoms with Crippen LogP contribution in [0.1, 0.15) is 31.2 Å². The summed E-state index contributed by atoms with van der Waals surface area (Å²) in [5, 5.41) is 3.52. The van der Waals surface area contributed by atoms with Gasteiger partial charge in [-0.05, 0) is 42.7 Å². The number of benzene rings is 1. The molecule has 0 atom stereocenters. The van der Waals surface area contributed by atoms with Crippen LogP contribution in [0.2, 0.25) is 0 Å². The SMILES string of the molecule is COc1ccc2c(c1)NCCCC21CC1. The summed E-state index contributed by atoms with van der Waals surface area (Å²) >= 11 is 0. The number of fused-ring (bicyclic) bond motifs is 2. The highest BCUT2D eigenvalue weighted by molar-refractivity contribution is 5.60. The second kappa shape index (κ2) is 3.16. The minimum atomic E-state index is 0.519. The number of nitrogens with one attached hydrogen (secondary N) is 1. The number of rotatable bonds is 1. The Bertz CT molecular complexity index is 382. The molecule has 1 aromatic carbocycles. The average molecular weight is 203 g/mol. The predicted molar refractivity (Wildman–Crippen MR) is 61.6 cm³/mol. The molecule has 1 saturated carbocycles. The first-order valence-corrected chi connectivity index (χ1v) is 5.76. The van der Waals surface area contributed by atoms with Crippen molar-refractivity contribution in [2.24, 2.45) is 0 Å². The van der Waals surface area contributed by atoms with Gasteiger partial charge in [-0.2, -0.15) is 0 Å². The largest absolute Gasteiger partial charge is 0.497 e. The van der Waals surface area contributed by atoms with Crippen LogP contribution in [0, 0.1) is 0 Å². The smallest absolute Gasteiger partial charge is 0.120 e. The molecule has 0 saturated heterocycles. The van der Waals surface area contributed by atoms with E-state index in [0.29, 0.717) is 5.41 Å². The molecule has 1 aromatic rings. The lowest BCUT2D eigenvalue weighted by molar-refractivity contribution is 0.414. The zero-order valence-electron chi connectivity index (χ0n) is 9.18. The first-order chi connectivity index (χ1) is 7.34. The Morgan fingerprint density at radius 2 is 2.13 bits per heavy atom. The van der Waals surface area contributed by atoms with Crippen molar-refractivity contribution in [3.8, 4) is 5.75 Å². The van der Waals surface area contributed by atoms with Crippen LogP contribution in [0.5, 0.6) is 5.75 Å². The molecule has 1 fully saturated rings. The van der Waals surface area contributed by atoms with E-state index in [0.717, 1.165) is 12.3 Å². The molecule has 15 heavy (non-hydrogen) atoms. The molecule has 0 aromatic heterocycles. The third kappa shape index (κ3) is 1.39. The zero-order chi connectivity index (χ0) is 10.3. The van der Waals surface area contributed by atoms with Crippen LogP contribution in [0.3, 0.4) is 0 Å². The highest BCUT2D eigenvalue weighted by Gasteiger charge is 2.45. The summed E-state index contributed by atoms with van der Waals surface area (Å²) in [5.41, 5.74) is 3.33. The Balaban J connectivity index is 2.06. The van der Waals surface area contributed by atoms with Crippen molar-refractivity contribution in [2.45, 2.75) is 31.1 Å². The van der Waals surface area contributed by atoms with Crippen molar-refractivity contribution in [3.05, 3.63) is 23.8 Å². The molecule has 1 aliphatic heterocycles. The first-order valence-electron chi connectivity index (χ1n) is 5.76. The Labute approximate surface area is 90.6 Å². The highest BCUT2D eigenvalue weighted by atomic mass is 16.5. The van der Waals surface area contributed by atoms with Crippen molar-refractivity contribution < 1.29 is 4.74 Å².